The molecule has 0 radical (unpaired) electrons. The van der Waals surface area contributed by atoms with Gasteiger partial charge in [-0.05, 0) is 11.6 Å². The summed E-state index contributed by atoms with van der Waals surface area (Å²) in [7, 11) is 0. The van der Waals surface area contributed by atoms with Crippen LogP contribution in [0.25, 0.3) is 0 Å². The Balaban J connectivity index is 1.71. The predicted molar refractivity (Wildman–Crippen MR) is 84.8 cm³/mol. The van der Waals surface area contributed by atoms with Crippen molar-refractivity contribution in [2.24, 2.45) is 0 Å². The van der Waals surface area contributed by atoms with Crippen molar-refractivity contribution in [1.29, 1.82) is 0 Å². The van der Waals surface area contributed by atoms with E-state index in [-0.39, 0.29) is 23.8 Å². The molecule has 0 fully saturated rings. The highest BCUT2D eigenvalue weighted by molar-refractivity contribution is 5.18. The van der Waals surface area contributed by atoms with Gasteiger partial charge in [-0.25, -0.2) is 9.37 Å². The van der Waals surface area contributed by atoms with E-state index in [1.165, 1.54) is 23.0 Å². The molecule has 0 amide bonds. The molecular weight excluding hydrogens is 295 g/mol. The molecule has 0 bridgehead atoms. The van der Waals surface area contributed by atoms with Crippen LogP contribution in [0.5, 0.6) is 5.88 Å². The number of ether oxygens (including phenoxy) is 1. The molecule has 116 valence electrons. The highest BCUT2D eigenvalue weighted by Gasteiger charge is 2.05. The second-order valence-electron chi connectivity index (χ2n) is 5.06. The van der Waals surface area contributed by atoms with Gasteiger partial charge in [0, 0.05) is 5.56 Å². The molecule has 3 rings (SSSR count). The summed E-state index contributed by atoms with van der Waals surface area (Å²) >= 11 is 0. The van der Waals surface area contributed by atoms with Crippen LogP contribution in [-0.2, 0) is 13.2 Å². The molecule has 3 aromatic rings. The zero-order valence-corrected chi connectivity index (χ0v) is 12.4. The molecule has 4 nitrogen and oxygen atoms in total. The van der Waals surface area contributed by atoms with Crippen LogP contribution in [0.4, 0.5) is 4.39 Å². The summed E-state index contributed by atoms with van der Waals surface area (Å²) in [5, 5.41) is 0. The van der Waals surface area contributed by atoms with E-state index in [2.05, 4.69) is 4.98 Å². The summed E-state index contributed by atoms with van der Waals surface area (Å²) in [6.07, 6.45) is 1.37. The van der Waals surface area contributed by atoms with Gasteiger partial charge in [-0.2, -0.15) is 0 Å². The largest absolute Gasteiger partial charge is 0.473 e. The molecule has 0 aliphatic carbocycles. The Hall–Kier alpha value is -2.95. The highest BCUT2D eigenvalue weighted by atomic mass is 19.1. The summed E-state index contributed by atoms with van der Waals surface area (Å²) < 4.78 is 20.5. The molecular formula is C18H15FN2O2. The van der Waals surface area contributed by atoms with Gasteiger partial charge in [-0.15, -0.1) is 0 Å². The van der Waals surface area contributed by atoms with Crippen molar-refractivity contribution in [2.45, 2.75) is 13.2 Å². The van der Waals surface area contributed by atoms with Gasteiger partial charge in [0.1, 0.15) is 18.8 Å². The van der Waals surface area contributed by atoms with Gasteiger partial charge in [0.05, 0.1) is 12.6 Å². The lowest BCUT2D eigenvalue weighted by Gasteiger charge is -2.08. The normalized spacial score (nSPS) is 10.5. The maximum atomic E-state index is 13.6. The zero-order chi connectivity index (χ0) is 16.1. The van der Waals surface area contributed by atoms with Crippen molar-refractivity contribution in [3.63, 3.8) is 0 Å². The Morgan fingerprint density at radius 1 is 1.04 bits per heavy atom. The maximum absolute atomic E-state index is 13.6. The standard InChI is InChI=1S/C18H15FN2O2/c19-16-9-5-4-8-15(16)11-21-13-20-17(10-18(21)22)23-12-14-6-2-1-3-7-14/h1-10,13H,11-12H2. The molecule has 1 aromatic heterocycles. The summed E-state index contributed by atoms with van der Waals surface area (Å²) in [6.45, 7) is 0.474. The van der Waals surface area contributed by atoms with Crippen molar-refractivity contribution in [3.8, 4) is 5.88 Å². The molecule has 5 heteroatoms. The smallest absolute Gasteiger partial charge is 0.257 e. The minimum atomic E-state index is -0.344. The Labute approximate surface area is 132 Å². The third kappa shape index (κ3) is 3.83. The zero-order valence-electron chi connectivity index (χ0n) is 12.4. The monoisotopic (exact) mass is 310 g/mol. The minimum Gasteiger partial charge on any atom is -0.473 e. The molecule has 0 aliphatic heterocycles. The van der Waals surface area contributed by atoms with Gasteiger partial charge in [-0.1, -0.05) is 48.5 Å². The molecule has 0 saturated heterocycles. The van der Waals surface area contributed by atoms with Crippen LogP contribution in [0.15, 0.2) is 71.8 Å². The van der Waals surface area contributed by atoms with Gasteiger partial charge in [0.15, 0.2) is 0 Å². The number of aromatic nitrogens is 2. The van der Waals surface area contributed by atoms with E-state index < -0.39 is 0 Å². The lowest BCUT2D eigenvalue weighted by atomic mass is 10.2. The SMILES string of the molecule is O=c1cc(OCc2ccccc2)ncn1Cc1ccccc1F. The molecule has 0 N–H and O–H groups in total. The number of rotatable bonds is 5. The first kappa shape index (κ1) is 15.0. The Morgan fingerprint density at radius 3 is 2.52 bits per heavy atom. The van der Waals surface area contributed by atoms with E-state index in [0.717, 1.165) is 5.56 Å². The third-order valence-corrected chi connectivity index (χ3v) is 3.38. The fraction of sp³-hybridized carbons (Fsp3) is 0.111. The summed E-state index contributed by atoms with van der Waals surface area (Å²) in [5.74, 6) is -0.0903. The van der Waals surface area contributed by atoms with E-state index in [1.54, 1.807) is 18.2 Å². The van der Waals surface area contributed by atoms with Gasteiger partial charge < -0.3 is 4.74 Å². The highest BCUT2D eigenvalue weighted by Crippen LogP contribution is 2.09. The van der Waals surface area contributed by atoms with Crippen molar-refractivity contribution >= 4 is 0 Å². The second kappa shape index (κ2) is 6.87. The fourth-order valence-electron chi connectivity index (χ4n) is 2.15. The lowest BCUT2D eigenvalue weighted by Crippen LogP contribution is -2.21. The second-order valence-corrected chi connectivity index (χ2v) is 5.06. The first-order valence-corrected chi connectivity index (χ1v) is 7.19. The van der Waals surface area contributed by atoms with E-state index in [4.69, 9.17) is 4.74 Å². The summed E-state index contributed by atoms with van der Waals surface area (Å²) in [6, 6.07) is 17.3. The van der Waals surface area contributed by atoms with Gasteiger partial charge in [-0.3, -0.25) is 9.36 Å². The predicted octanol–water partition coefficient (Wildman–Crippen LogP) is 3.01. The average Bonchev–Trinajstić information content (AvgIpc) is 2.58. The van der Waals surface area contributed by atoms with Crippen LogP contribution in [-0.4, -0.2) is 9.55 Å². The Morgan fingerprint density at radius 2 is 1.78 bits per heavy atom. The topological polar surface area (TPSA) is 44.1 Å². The van der Waals surface area contributed by atoms with Crippen LogP contribution in [0.2, 0.25) is 0 Å². The van der Waals surface area contributed by atoms with Crippen LogP contribution in [0, 0.1) is 5.82 Å². The number of hydrogen-bond acceptors (Lipinski definition) is 3. The summed E-state index contributed by atoms with van der Waals surface area (Å²) in [5.41, 5.74) is 1.14. The van der Waals surface area contributed by atoms with Crippen molar-refractivity contribution in [2.75, 3.05) is 0 Å². The van der Waals surface area contributed by atoms with Crippen molar-refractivity contribution in [3.05, 3.63) is 94.3 Å². The third-order valence-electron chi connectivity index (χ3n) is 3.38. The van der Waals surface area contributed by atoms with Crippen LogP contribution in [0.3, 0.4) is 0 Å². The van der Waals surface area contributed by atoms with Gasteiger partial charge in [0.2, 0.25) is 5.88 Å². The van der Waals surface area contributed by atoms with Crippen LogP contribution >= 0.6 is 0 Å². The molecule has 0 aliphatic rings. The molecule has 23 heavy (non-hydrogen) atoms. The van der Waals surface area contributed by atoms with E-state index in [9.17, 15) is 9.18 Å². The molecule has 1 heterocycles. The summed E-state index contributed by atoms with van der Waals surface area (Å²) in [4.78, 5) is 16.2. The maximum Gasteiger partial charge on any atom is 0.257 e. The molecule has 2 aromatic carbocycles. The minimum absolute atomic E-state index is 0.136. The Bertz CT molecular complexity index is 847. The van der Waals surface area contributed by atoms with E-state index in [1.807, 2.05) is 30.3 Å². The lowest BCUT2D eigenvalue weighted by molar-refractivity contribution is 0.291. The molecule has 0 spiro atoms. The van der Waals surface area contributed by atoms with Gasteiger partial charge in [0.25, 0.3) is 5.56 Å². The first-order valence-electron chi connectivity index (χ1n) is 7.19. The molecule has 0 atom stereocenters. The van der Waals surface area contributed by atoms with Crippen molar-refractivity contribution in [1.82, 2.24) is 9.55 Å². The number of nitrogens with zero attached hydrogens (tertiary/aromatic N) is 2. The average molecular weight is 310 g/mol. The van der Waals surface area contributed by atoms with E-state index in [0.29, 0.717) is 12.2 Å². The Kier molecular flexibility index (Phi) is 4.47. The van der Waals surface area contributed by atoms with Crippen molar-refractivity contribution < 1.29 is 9.13 Å². The number of halogens is 1. The first-order chi connectivity index (χ1) is 11.2. The quantitative estimate of drug-likeness (QED) is 0.727. The molecule has 0 saturated carbocycles. The molecule has 0 unspecified atom stereocenters. The van der Waals surface area contributed by atoms with Crippen LogP contribution < -0.4 is 10.3 Å². The number of benzene rings is 2. The van der Waals surface area contributed by atoms with E-state index >= 15 is 0 Å². The number of hydrogen-bond donors (Lipinski definition) is 0. The van der Waals surface area contributed by atoms with Crippen LogP contribution in [0.1, 0.15) is 11.1 Å². The fourth-order valence-corrected chi connectivity index (χ4v) is 2.15. The van der Waals surface area contributed by atoms with Gasteiger partial charge >= 0.3 is 0 Å².